The van der Waals surface area contributed by atoms with E-state index in [0.29, 0.717) is 23.9 Å². The van der Waals surface area contributed by atoms with Crippen molar-refractivity contribution in [3.8, 4) is 0 Å². The van der Waals surface area contributed by atoms with Crippen LogP contribution in [0.3, 0.4) is 0 Å². The van der Waals surface area contributed by atoms with Gasteiger partial charge in [0.1, 0.15) is 0 Å². The summed E-state index contributed by atoms with van der Waals surface area (Å²) < 4.78 is 0. The maximum atomic E-state index is 14.5. The number of anilines is 2. The molecule has 2 saturated carbocycles. The number of para-hydroxylation sites is 1. The van der Waals surface area contributed by atoms with Crippen LogP contribution in [-0.2, 0) is 19.2 Å². The second kappa shape index (κ2) is 21.4. The molecule has 2 N–H and O–H groups in total. The van der Waals surface area contributed by atoms with Crippen LogP contribution in [0.25, 0.3) is 0 Å². The summed E-state index contributed by atoms with van der Waals surface area (Å²) in [6, 6.07) is 14.0. The molecule has 0 aliphatic heterocycles. The zero-order valence-corrected chi connectivity index (χ0v) is 37.6. The second-order valence-electron chi connectivity index (χ2n) is 18.0. The largest absolute Gasteiger partial charge is 0.325 e. The highest BCUT2D eigenvalue weighted by Crippen LogP contribution is 2.50. The fraction of sp³-hybridized carbons (Fsp3) is 0.667. The first-order chi connectivity index (χ1) is 26.7. The van der Waals surface area contributed by atoms with Crippen molar-refractivity contribution < 1.29 is 19.2 Å². The molecular formula is C48H72N2O4S2. The standard InChI is InChI=1S/C48H72N2O4S2/c1-9-14-22-42(51)55-41-31-37(23-24-39(41)50-43(52)47(27-18-15-19-28-47)32-34(10-2)11-3)36-25-29-48(30-26-36,33-35(12-4)13-5)44(53)49-38-20-16-17-21-40(38)56-45(54)46(6,7)8/h16-17,20-21,23-24,31,34-36H,9-15,18-19,22,25-30,32-33H2,1-8H3,(H,49,53)(H,50,52). The number of hydrogen-bond donors (Lipinski definition) is 2. The lowest BCUT2D eigenvalue weighted by molar-refractivity contribution is -0.129. The van der Waals surface area contributed by atoms with Gasteiger partial charge in [-0.05, 0) is 129 Å². The highest BCUT2D eigenvalue weighted by Gasteiger charge is 2.44. The molecule has 8 heteroatoms. The van der Waals surface area contributed by atoms with Gasteiger partial charge in [0.05, 0.1) is 11.4 Å². The molecule has 0 aromatic heterocycles. The smallest absolute Gasteiger partial charge is 0.230 e. The zero-order valence-electron chi connectivity index (χ0n) is 36.0. The van der Waals surface area contributed by atoms with Gasteiger partial charge < -0.3 is 10.6 Å². The van der Waals surface area contributed by atoms with Crippen molar-refractivity contribution in [3.63, 3.8) is 0 Å². The Morgan fingerprint density at radius 1 is 0.696 bits per heavy atom. The number of thioether (sulfide) groups is 2. The molecule has 2 amide bonds. The van der Waals surface area contributed by atoms with Gasteiger partial charge in [-0.1, -0.05) is 125 Å². The molecule has 2 fully saturated rings. The molecule has 0 heterocycles. The molecule has 0 radical (unpaired) electrons. The Kier molecular flexibility index (Phi) is 17.6. The summed E-state index contributed by atoms with van der Waals surface area (Å²) >= 11 is 2.49. The van der Waals surface area contributed by atoms with Gasteiger partial charge >= 0.3 is 0 Å². The number of carbonyl (C=O) groups excluding carboxylic acids is 4. The summed E-state index contributed by atoms with van der Waals surface area (Å²) in [6.45, 7) is 16.8. The molecule has 2 aliphatic rings. The van der Waals surface area contributed by atoms with Crippen LogP contribution in [0.4, 0.5) is 11.4 Å². The lowest BCUT2D eigenvalue weighted by Crippen LogP contribution is -2.41. The van der Waals surface area contributed by atoms with E-state index in [-0.39, 0.29) is 33.4 Å². The minimum Gasteiger partial charge on any atom is -0.325 e. The number of nitrogens with one attached hydrogen (secondary N) is 2. The number of carbonyl (C=O) groups is 4. The highest BCUT2D eigenvalue weighted by molar-refractivity contribution is 8.14. The summed E-state index contributed by atoms with van der Waals surface area (Å²) in [5.74, 6) is 1.40. The molecule has 0 atom stereocenters. The summed E-state index contributed by atoms with van der Waals surface area (Å²) in [5.41, 5.74) is 1.27. The van der Waals surface area contributed by atoms with E-state index < -0.39 is 10.8 Å². The normalized spacial score (nSPS) is 19.9. The van der Waals surface area contributed by atoms with Crippen molar-refractivity contribution in [2.24, 2.45) is 28.1 Å². The molecule has 2 aromatic rings. The summed E-state index contributed by atoms with van der Waals surface area (Å²) in [7, 11) is 0. The Morgan fingerprint density at radius 3 is 1.77 bits per heavy atom. The van der Waals surface area contributed by atoms with Crippen LogP contribution in [0, 0.1) is 28.1 Å². The number of amides is 2. The SMILES string of the molecule is CCCCC(=O)Sc1cc(C2CCC(CC(CC)CC)(C(=O)Nc3ccccc3SC(=O)C(C)(C)C)CC2)ccc1NC(=O)C1(CC(CC)CC)CCCCC1. The van der Waals surface area contributed by atoms with Gasteiger partial charge in [0.2, 0.25) is 11.8 Å². The van der Waals surface area contributed by atoms with Gasteiger partial charge in [0, 0.05) is 32.5 Å². The average Bonchev–Trinajstić information content (AvgIpc) is 3.19. The Balaban J connectivity index is 1.59. The van der Waals surface area contributed by atoms with E-state index in [2.05, 4.69) is 57.4 Å². The van der Waals surface area contributed by atoms with Crippen molar-refractivity contribution in [1.82, 2.24) is 0 Å². The molecule has 0 bridgehead atoms. The quantitative estimate of drug-likeness (QED) is 0.146. The first-order valence-corrected chi connectivity index (χ1v) is 23.6. The fourth-order valence-electron chi connectivity index (χ4n) is 8.94. The van der Waals surface area contributed by atoms with Crippen LogP contribution in [0.15, 0.2) is 52.3 Å². The monoisotopic (exact) mass is 804 g/mol. The number of rotatable bonds is 18. The van der Waals surface area contributed by atoms with Gasteiger partial charge in [0.25, 0.3) is 0 Å². The van der Waals surface area contributed by atoms with Crippen LogP contribution < -0.4 is 10.6 Å². The number of hydrogen-bond acceptors (Lipinski definition) is 6. The van der Waals surface area contributed by atoms with Crippen LogP contribution in [0.1, 0.15) is 182 Å². The number of benzene rings is 2. The van der Waals surface area contributed by atoms with Gasteiger partial charge in [0.15, 0.2) is 10.2 Å². The van der Waals surface area contributed by atoms with Crippen molar-refractivity contribution >= 4 is 56.9 Å². The van der Waals surface area contributed by atoms with E-state index in [4.69, 9.17) is 0 Å². The summed E-state index contributed by atoms with van der Waals surface area (Å²) in [6.07, 6.45) is 16.8. The minimum absolute atomic E-state index is 0.0555. The molecule has 0 unspecified atom stereocenters. The van der Waals surface area contributed by atoms with E-state index in [0.717, 1.165) is 118 Å². The van der Waals surface area contributed by atoms with E-state index >= 15 is 0 Å². The maximum Gasteiger partial charge on any atom is 0.230 e. The van der Waals surface area contributed by atoms with Crippen molar-refractivity contribution in [2.75, 3.05) is 10.6 Å². The summed E-state index contributed by atoms with van der Waals surface area (Å²) in [4.78, 5) is 56.7. The first kappa shape index (κ1) is 46.1. The van der Waals surface area contributed by atoms with E-state index in [1.807, 2.05) is 51.1 Å². The predicted molar refractivity (Wildman–Crippen MR) is 237 cm³/mol. The van der Waals surface area contributed by atoms with Crippen LogP contribution in [0.5, 0.6) is 0 Å². The lowest BCUT2D eigenvalue weighted by Gasteiger charge is -2.41. The third kappa shape index (κ3) is 12.2. The highest BCUT2D eigenvalue weighted by atomic mass is 32.2. The molecule has 0 saturated heterocycles. The molecule has 310 valence electrons. The predicted octanol–water partition coefficient (Wildman–Crippen LogP) is 14.0. The Morgan fingerprint density at radius 2 is 1.23 bits per heavy atom. The van der Waals surface area contributed by atoms with Crippen molar-refractivity contribution in [1.29, 1.82) is 0 Å². The first-order valence-electron chi connectivity index (χ1n) is 22.0. The van der Waals surface area contributed by atoms with Crippen molar-refractivity contribution in [3.05, 3.63) is 48.0 Å². The zero-order chi connectivity index (χ0) is 40.9. The average molecular weight is 805 g/mol. The van der Waals surface area contributed by atoms with Crippen LogP contribution >= 0.6 is 23.5 Å². The van der Waals surface area contributed by atoms with Gasteiger partial charge in [-0.2, -0.15) is 0 Å². The Hall–Kier alpha value is -2.58. The maximum absolute atomic E-state index is 14.5. The minimum atomic E-state index is -0.510. The summed E-state index contributed by atoms with van der Waals surface area (Å²) in [5, 5.41) is 6.91. The third-order valence-corrected chi connectivity index (χ3v) is 15.4. The molecule has 2 aliphatic carbocycles. The molecular weight excluding hydrogens is 733 g/mol. The van der Waals surface area contributed by atoms with E-state index in [9.17, 15) is 19.2 Å². The lowest BCUT2D eigenvalue weighted by atomic mass is 9.64. The molecule has 6 nitrogen and oxygen atoms in total. The van der Waals surface area contributed by atoms with Crippen LogP contribution in [0.2, 0.25) is 0 Å². The molecule has 56 heavy (non-hydrogen) atoms. The van der Waals surface area contributed by atoms with Gasteiger partial charge in [-0.25, -0.2) is 0 Å². The van der Waals surface area contributed by atoms with Gasteiger partial charge in [-0.3, -0.25) is 19.2 Å². The molecule has 4 rings (SSSR count). The number of unbranched alkanes of at least 4 members (excludes halogenated alkanes) is 1. The second-order valence-corrected chi connectivity index (χ2v) is 20.2. The van der Waals surface area contributed by atoms with E-state index in [1.54, 1.807) is 0 Å². The van der Waals surface area contributed by atoms with E-state index in [1.165, 1.54) is 35.5 Å². The molecule has 2 aromatic carbocycles. The third-order valence-electron chi connectivity index (χ3n) is 13.0. The molecule has 0 spiro atoms. The Bertz CT molecular complexity index is 1610. The fourth-order valence-corrected chi connectivity index (χ4v) is 10.7. The van der Waals surface area contributed by atoms with Crippen LogP contribution in [-0.4, -0.2) is 22.0 Å². The van der Waals surface area contributed by atoms with Gasteiger partial charge in [-0.15, -0.1) is 0 Å². The Labute approximate surface area is 348 Å². The topological polar surface area (TPSA) is 92.3 Å². The van der Waals surface area contributed by atoms with Crippen molar-refractivity contribution in [2.45, 2.75) is 187 Å².